The highest BCUT2D eigenvalue weighted by Crippen LogP contribution is 2.18. The molecule has 1 saturated heterocycles. The molecule has 1 aromatic carbocycles. The van der Waals surface area contributed by atoms with Crippen LogP contribution < -0.4 is 4.90 Å². The first-order valence-electron chi connectivity index (χ1n) is 8.86. The van der Waals surface area contributed by atoms with E-state index in [2.05, 4.69) is 30.8 Å². The van der Waals surface area contributed by atoms with Gasteiger partial charge in [-0.25, -0.2) is 9.97 Å². The molecule has 0 radical (unpaired) electrons. The van der Waals surface area contributed by atoms with Gasteiger partial charge in [0.25, 0.3) is 0 Å². The van der Waals surface area contributed by atoms with Crippen molar-refractivity contribution in [1.29, 1.82) is 5.26 Å². The van der Waals surface area contributed by atoms with E-state index in [0.29, 0.717) is 11.2 Å². The maximum Gasteiger partial charge on any atom is 0.180 e. The van der Waals surface area contributed by atoms with E-state index >= 15 is 0 Å². The van der Waals surface area contributed by atoms with Gasteiger partial charge < -0.3 is 4.90 Å². The third kappa shape index (κ3) is 3.63. The molecule has 130 valence electrons. The minimum absolute atomic E-state index is 0.698. The fraction of sp³-hybridized carbons (Fsp3) is 0.300. The van der Waals surface area contributed by atoms with Gasteiger partial charge in [-0.1, -0.05) is 12.1 Å². The lowest BCUT2D eigenvalue weighted by Gasteiger charge is -2.23. The number of anilines is 1. The highest BCUT2D eigenvalue weighted by Gasteiger charge is 2.16. The van der Waals surface area contributed by atoms with Crippen LogP contribution in [0.15, 0.2) is 48.8 Å². The first-order chi connectivity index (χ1) is 12.8. The van der Waals surface area contributed by atoms with Crippen molar-refractivity contribution in [2.24, 2.45) is 0 Å². The lowest BCUT2D eigenvalue weighted by molar-refractivity contribution is 0.285. The maximum absolute atomic E-state index is 8.91. The van der Waals surface area contributed by atoms with Gasteiger partial charge in [0.2, 0.25) is 0 Å². The standard InChI is InChI=1S/C20H20N6/c21-14-16-2-4-17(5-3-16)15-25-10-1-11-26(13-12-25)19-7-6-18-20(24-19)23-9-8-22-18/h2-9H,1,10-13,15H2. The molecule has 26 heavy (non-hydrogen) atoms. The van der Waals surface area contributed by atoms with Crippen LogP contribution in [-0.4, -0.2) is 46.0 Å². The van der Waals surface area contributed by atoms with Gasteiger partial charge in [0.15, 0.2) is 5.65 Å². The van der Waals surface area contributed by atoms with Crippen molar-refractivity contribution in [1.82, 2.24) is 19.9 Å². The molecule has 6 nitrogen and oxygen atoms in total. The van der Waals surface area contributed by atoms with E-state index in [0.717, 1.165) is 50.5 Å². The molecular formula is C20H20N6. The average Bonchev–Trinajstić information content (AvgIpc) is 2.94. The summed E-state index contributed by atoms with van der Waals surface area (Å²) in [6.45, 7) is 4.89. The lowest BCUT2D eigenvalue weighted by Crippen LogP contribution is -2.31. The van der Waals surface area contributed by atoms with Gasteiger partial charge in [-0.15, -0.1) is 0 Å². The summed E-state index contributed by atoms with van der Waals surface area (Å²) in [5.41, 5.74) is 3.48. The Morgan fingerprint density at radius 2 is 1.77 bits per heavy atom. The Kier molecular flexibility index (Phi) is 4.71. The van der Waals surface area contributed by atoms with Gasteiger partial charge in [0.05, 0.1) is 11.6 Å². The largest absolute Gasteiger partial charge is 0.355 e. The van der Waals surface area contributed by atoms with Gasteiger partial charge in [0.1, 0.15) is 11.3 Å². The zero-order valence-corrected chi connectivity index (χ0v) is 14.5. The summed E-state index contributed by atoms with van der Waals surface area (Å²) in [7, 11) is 0. The van der Waals surface area contributed by atoms with Crippen molar-refractivity contribution >= 4 is 17.0 Å². The second-order valence-corrected chi connectivity index (χ2v) is 6.49. The van der Waals surface area contributed by atoms with E-state index in [4.69, 9.17) is 5.26 Å². The van der Waals surface area contributed by atoms with Crippen LogP contribution in [0.5, 0.6) is 0 Å². The Morgan fingerprint density at radius 1 is 0.923 bits per heavy atom. The van der Waals surface area contributed by atoms with E-state index < -0.39 is 0 Å². The smallest absolute Gasteiger partial charge is 0.180 e. The SMILES string of the molecule is N#Cc1ccc(CN2CCCN(c3ccc4nccnc4n3)CC2)cc1. The number of fused-ring (bicyclic) bond motifs is 1. The molecule has 3 aromatic rings. The predicted octanol–water partition coefficient (Wildman–Crippen LogP) is 2.61. The average molecular weight is 344 g/mol. The Hall–Kier alpha value is -3.04. The van der Waals surface area contributed by atoms with E-state index in [1.807, 2.05) is 36.4 Å². The van der Waals surface area contributed by atoms with Crippen LogP contribution in [0.1, 0.15) is 17.5 Å². The van der Waals surface area contributed by atoms with E-state index in [1.165, 1.54) is 5.56 Å². The number of nitrogens with zero attached hydrogens (tertiary/aromatic N) is 6. The molecule has 1 fully saturated rings. The van der Waals surface area contributed by atoms with Crippen LogP contribution in [0, 0.1) is 11.3 Å². The summed E-state index contributed by atoms with van der Waals surface area (Å²) in [5.74, 6) is 0.971. The summed E-state index contributed by atoms with van der Waals surface area (Å²) in [5, 5.41) is 8.91. The van der Waals surface area contributed by atoms with Gasteiger partial charge in [-0.3, -0.25) is 9.88 Å². The van der Waals surface area contributed by atoms with Gasteiger partial charge in [0, 0.05) is 45.1 Å². The summed E-state index contributed by atoms with van der Waals surface area (Å²) < 4.78 is 0. The monoisotopic (exact) mass is 344 g/mol. The highest BCUT2D eigenvalue weighted by molar-refractivity contribution is 5.71. The molecular weight excluding hydrogens is 324 g/mol. The quantitative estimate of drug-likeness (QED) is 0.727. The van der Waals surface area contributed by atoms with E-state index in [9.17, 15) is 0 Å². The molecule has 4 rings (SSSR count). The number of pyridine rings is 1. The molecule has 0 atom stereocenters. The zero-order chi connectivity index (χ0) is 17.8. The normalized spacial score (nSPS) is 15.6. The van der Waals surface area contributed by atoms with E-state index in [1.54, 1.807) is 12.4 Å². The third-order valence-electron chi connectivity index (χ3n) is 4.72. The van der Waals surface area contributed by atoms with Crippen LogP contribution in [-0.2, 0) is 6.54 Å². The third-order valence-corrected chi connectivity index (χ3v) is 4.72. The fourth-order valence-electron chi connectivity index (χ4n) is 3.32. The summed E-state index contributed by atoms with van der Waals surface area (Å²) in [4.78, 5) is 18.1. The Bertz CT molecular complexity index is 931. The second kappa shape index (κ2) is 7.46. The van der Waals surface area contributed by atoms with Crippen molar-refractivity contribution in [3.63, 3.8) is 0 Å². The molecule has 0 amide bonds. The Balaban J connectivity index is 1.42. The van der Waals surface area contributed by atoms with Gasteiger partial charge in [-0.2, -0.15) is 5.26 Å². The lowest BCUT2D eigenvalue weighted by atomic mass is 10.1. The Labute approximate surface area is 152 Å². The molecule has 2 aromatic heterocycles. The molecule has 6 heteroatoms. The van der Waals surface area contributed by atoms with Crippen LogP contribution in [0.4, 0.5) is 5.82 Å². The first-order valence-corrected chi connectivity index (χ1v) is 8.86. The molecule has 0 spiro atoms. The first kappa shape index (κ1) is 16.4. The van der Waals surface area contributed by atoms with Crippen molar-refractivity contribution in [2.45, 2.75) is 13.0 Å². The number of hydrogen-bond acceptors (Lipinski definition) is 6. The molecule has 0 N–H and O–H groups in total. The zero-order valence-electron chi connectivity index (χ0n) is 14.5. The van der Waals surface area contributed by atoms with Gasteiger partial charge in [-0.05, 0) is 36.2 Å². The predicted molar refractivity (Wildman–Crippen MR) is 101 cm³/mol. The maximum atomic E-state index is 8.91. The number of rotatable bonds is 3. The summed E-state index contributed by atoms with van der Waals surface area (Å²) in [6.07, 6.45) is 4.47. The number of benzene rings is 1. The number of hydrogen-bond donors (Lipinski definition) is 0. The van der Waals surface area contributed by atoms with Crippen molar-refractivity contribution < 1.29 is 0 Å². The molecule has 0 unspecified atom stereocenters. The molecule has 0 saturated carbocycles. The highest BCUT2D eigenvalue weighted by atomic mass is 15.2. The molecule has 1 aliphatic heterocycles. The molecule has 1 aliphatic rings. The minimum Gasteiger partial charge on any atom is -0.355 e. The number of nitriles is 1. The van der Waals surface area contributed by atoms with Crippen LogP contribution >= 0.6 is 0 Å². The Morgan fingerprint density at radius 3 is 2.62 bits per heavy atom. The molecule has 3 heterocycles. The minimum atomic E-state index is 0.698. The van der Waals surface area contributed by atoms with E-state index in [-0.39, 0.29) is 0 Å². The number of aromatic nitrogens is 3. The van der Waals surface area contributed by atoms with Gasteiger partial charge >= 0.3 is 0 Å². The van der Waals surface area contributed by atoms with Crippen LogP contribution in [0.2, 0.25) is 0 Å². The van der Waals surface area contributed by atoms with Crippen LogP contribution in [0.25, 0.3) is 11.2 Å². The van der Waals surface area contributed by atoms with Crippen molar-refractivity contribution in [3.8, 4) is 6.07 Å². The fourth-order valence-corrected chi connectivity index (χ4v) is 3.32. The summed E-state index contributed by atoms with van der Waals surface area (Å²) >= 11 is 0. The van der Waals surface area contributed by atoms with Crippen molar-refractivity contribution in [3.05, 3.63) is 59.9 Å². The topological polar surface area (TPSA) is 68.9 Å². The molecule has 0 aliphatic carbocycles. The second-order valence-electron chi connectivity index (χ2n) is 6.49. The van der Waals surface area contributed by atoms with Crippen LogP contribution in [0.3, 0.4) is 0 Å². The summed E-state index contributed by atoms with van der Waals surface area (Å²) in [6, 6.07) is 14.1. The van der Waals surface area contributed by atoms with Crippen molar-refractivity contribution in [2.75, 3.05) is 31.1 Å². The molecule has 0 bridgehead atoms.